The van der Waals surface area contributed by atoms with Crippen LogP contribution in [0, 0.1) is 18.6 Å². The highest BCUT2D eigenvalue weighted by atomic mass is 79.9. The fraction of sp³-hybridized carbons (Fsp3) is 0.357. The molecule has 0 bridgehead atoms. The minimum absolute atomic E-state index is 0.278. The van der Waals surface area contributed by atoms with Crippen molar-refractivity contribution in [2.75, 3.05) is 0 Å². The van der Waals surface area contributed by atoms with Crippen LogP contribution in [0.25, 0.3) is 0 Å². The van der Waals surface area contributed by atoms with Crippen molar-refractivity contribution in [1.82, 2.24) is 9.78 Å². The van der Waals surface area contributed by atoms with E-state index in [2.05, 4.69) is 21.0 Å². The Morgan fingerprint density at radius 3 is 2.65 bits per heavy atom. The van der Waals surface area contributed by atoms with Crippen molar-refractivity contribution >= 4 is 15.9 Å². The molecular weight excluding hydrogens is 330 g/mol. The van der Waals surface area contributed by atoms with Crippen molar-refractivity contribution in [1.29, 1.82) is 0 Å². The largest absolute Gasteiger partial charge is 0.388 e. The van der Waals surface area contributed by atoms with Crippen molar-refractivity contribution in [3.8, 4) is 0 Å². The average molecular weight is 345 g/mol. The van der Waals surface area contributed by atoms with E-state index in [1.54, 1.807) is 4.68 Å². The Labute approximate surface area is 124 Å². The summed E-state index contributed by atoms with van der Waals surface area (Å²) in [6, 6.07) is 3.43. The third-order valence-corrected chi connectivity index (χ3v) is 4.20. The number of hydrogen-bond donors (Lipinski definition) is 1. The number of aromatic nitrogens is 2. The van der Waals surface area contributed by atoms with E-state index in [0.717, 1.165) is 28.0 Å². The smallest absolute Gasteiger partial charge is 0.159 e. The van der Waals surface area contributed by atoms with Gasteiger partial charge < -0.3 is 5.11 Å². The van der Waals surface area contributed by atoms with Gasteiger partial charge in [-0.3, -0.25) is 4.68 Å². The average Bonchev–Trinajstić information content (AvgIpc) is 2.69. The minimum Gasteiger partial charge on any atom is -0.388 e. The third kappa shape index (κ3) is 2.91. The summed E-state index contributed by atoms with van der Waals surface area (Å²) in [6.07, 6.45) is -0.636. The van der Waals surface area contributed by atoms with Crippen molar-refractivity contribution < 1.29 is 13.9 Å². The molecule has 1 aromatic heterocycles. The van der Waals surface area contributed by atoms with Crippen LogP contribution in [-0.4, -0.2) is 14.9 Å². The Morgan fingerprint density at radius 1 is 1.35 bits per heavy atom. The summed E-state index contributed by atoms with van der Waals surface area (Å²) in [6.45, 7) is 4.49. The van der Waals surface area contributed by atoms with E-state index < -0.39 is 17.7 Å². The molecule has 0 amide bonds. The van der Waals surface area contributed by atoms with Crippen LogP contribution in [0.15, 0.2) is 22.7 Å². The Hall–Kier alpha value is -1.27. The van der Waals surface area contributed by atoms with Crippen LogP contribution in [-0.2, 0) is 13.0 Å². The molecule has 1 aromatic carbocycles. The molecule has 2 aromatic rings. The van der Waals surface area contributed by atoms with Crippen LogP contribution in [0.2, 0.25) is 0 Å². The standard InChI is InChI=1S/C14H15BrF2N2O/c1-3-19-12(14(15)8(2)18-19)7-13(20)9-4-5-10(16)11(17)6-9/h4-6,13,20H,3,7H2,1-2H3. The fourth-order valence-electron chi connectivity index (χ4n) is 2.08. The zero-order chi connectivity index (χ0) is 14.9. The highest BCUT2D eigenvalue weighted by Gasteiger charge is 2.18. The van der Waals surface area contributed by atoms with Crippen LogP contribution in [0.1, 0.15) is 30.0 Å². The summed E-state index contributed by atoms with van der Waals surface area (Å²) >= 11 is 3.44. The molecule has 0 aliphatic heterocycles. The highest BCUT2D eigenvalue weighted by molar-refractivity contribution is 9.10. The lowest BCUT2D eigenvalue weighted by Crippen LogP contribution is -2.09. The van der Waals surface area contributed by atoms with Gasteiger partial charge in [0.2, 0.25) is 0 Å². The number of aliphatic hydroxyl groups excluding tert-OH is 1. The molecule has 0 spiro atoms. The molecule has 3 nitrogen and oxygen atoms in total. The van der Waals surface area contributed by atoms with E-state index >= 15 is 0 Å². The SMILES string of the molecule is CCn1nc(C)c(Br)c1CC(O)c1ccc(F)c(F)c1. The molecule has 1 N–H and O–H groups in total. The molecule has 0 aliphatic carbocycles. The summed E-state index contributed by atoms with van der Waals surface area (Å²) in [4.78, 5) is 0. The second kappa shape index (κ2) is 6.01. The summed E-state index contributed by atoms with van der Waals surface area (Å²) < 4.78 is 28.7. The molecule has 1 atom stereocenters. The molecule has 108 valence electrons. The van der Waals surface area contributed by atoms with E-state index in [9.17, 15) is 13.9 Å². The first kappa shape index (κ1) is 15.1. The number of aryl methyl sites for hydroxylation is 2. The Balaban J connectivity index is 2.27. The Bertz CT molecular complexity index is 628. The summed E-state index contributed by atoms with van der Waals surface area (Å²) in [5, 5.41) is 14.5. The molecule has 0 radical (unpaired) electrons. The molecule has 1 unspecified atom stereocenters. The van der Waals surface area contributed by atoms with E-state index in [0.29, 0.717) is 12.1 Å². The van der Waals surface area contributed by atoms with Crippen molar-refractivity contribution in [2.45, 2.75) is 32.9 Å². The van der Waals surface area contributed by atoms with E-state index in [1.807, 2.05) is 13.8 Å². The normalized spacial score (nSPS) is 12.7. The predicted molar refractivity (Wildman–Crippen MR) is 75.4 cm³/mol. The van der Waals surface area contributed by atoms with Gasteiger partial charge in [-0.1, -0.05) is 6.07 Å². The maximum absolute atomic E-state index is 13.2. The summed E-state index contributed by atoms with van der Waals surface area (Å²) in [5.74, 6) is -1.88. The third-order valence-electron chi connectivity index (χ3n) is 3.17. The minimum atomic E-state index is -0.958. The van der Waals surface area contributed by atoms with Gasteiger partial charge in [0.25, 0.3) is 0 Å². The second-order valence-electron chi connectivity index (χ2n) is 4.56. The number of hydrogen-bond acceptors (Lipinski definition) is 2. The number of benzene rings is 1. The molecule has 0 saturated heterocycles. The monoisotopic (exact) mass is 344 g/mol. The van der Waals surface area contributed by atoms with E-state index in [1.165, 1.54) is 6.07 Å². The van der Waals surface area contributed by atoms with Crippen LogP contribution in [0.5, 0.6) is 0 Å². The number of aliphatic hydroxyl groups is 1. The van der Waals surface area contributed by atoms with Gasteiger partial charge in [-0.15, -0.1) is 0 Å². The zero-order valence-electron chi connectivity index (χ0n) is 11.2. The highest BCUT2D eigenvalue weighted by Crippen LogP contribution is 2.27. The number of halogens is 3. The lowest BCUT2D eigenvalue weighted by atomic mass is 10.0. The number of nitrogens with zero attached hydrogens (tertiary/aromatic N) is 2. The molecule has 20 heavy (non-hydrogen) atoms. The first-order chi connectivity index (χ1) is 9.43. The van der Waals surface area contributed by atoms with Crippen LogP contribution >= 0.6 is 15.9 Å². The summed E-state index contributed by atoms with van der Waals surface area (Å²) in [7, 11) is 0. The zero-order valence-corrected chi connectivity index (χ0v) is 12.8. The lowest BCUT2D eigenvalue weighted by molar-refractivity contribution is 0.174. The Morgan fingerprint density at radius 2 is 2.05 bits per heavy atom. The molecule has 1 heterocycles. The van der Waals surface area contributed by atoms with Gasteiger partial charge in [0.05, 0.1) is 22.0 Å². The van der Waals surface area contributed by atoms with Gasteiger partial charge in [-0.25, -0.2) is 8.78 Å². The molecule has 0 fully saturated rings. The summed E-state index contributed by atoms with van der Waals surface area (Å²) in [5.41, 5.74) is 2.01. The first-order valence-corrected chi connectivity index (χ1v) is 7.08. The second-order valence-corrected chi connectivity index (χ2v) is 5.35. The molecule has 0 saturated carbocycles. The Kier molecular flexibility index (Phi) is 4.55. The molecule has 2 rings (SSSR count). The van der Waals surface area contributed by atoms with Gasteiger partial charge in [0, 0.05) is 13.0 Å². The van der Waals surface area contributed by atoms with Gasteiger partial charge >= 0.3 is 0 Å². The van der Waals surface area contributed by atoms with Crippen molar-refractivity contribution in [3.05, 3.63) is 51.3 Å². The predicted octanol–water partition coefficient (Wildman–Crippen LogP) is 3.53. The van der Waals surface area contributed by atoms with Gasteiger partial charge in [-0.05, 0) is 47.5 Å². The molecule has 6 heteroatoms. The van der Waals surface area contributed by atoms with Crippen molar-refractivity contribution in [2.24, 2.45) is 0 Å². The van der Waals surface area contributed by atoms with E-state index in [4.69, 9.17) is 0 Å². The number of rotatable bonds is 4. The molecule has 0 aliphatic rings. The maximum atomic E-state index is 13.2. The van der Waals surface area contributed by atoms with Crippen LogP contribution in [0.3, 0.4) is 0 Å². The van der Waals surface area contributed by atoms with Crippen molar-refractivity contribution in [3.63, 3.8) is 0 Å². The van der Waals surface area contributed by atoms with E-state index in [-0.39, 0.29) is 6.42 Å². The fourth-order valence-corrected chi connectivity index (χ4v) is 2.53. The lowest BCUT2D eigenvalue weighted by Gasteiger charge is -2.13. The molecular formula is C14H15BrF2N2O. The topological polar surface area (TPSA) is 38.0 Å². The van der Waals surface area contributed by atoms with Crippen LogP contribution in [0.4, 0.5) is 8.78 Å². The van der Waals surface area contributed by atoms with Gasteiger partial charge in [-0.2, -0.15) is 5.10 Å². The van der Waals surface area contributed by atoms with Gasteiger partial charge in [0.15, 0.2) is 11.6 Å². The van der Waals surface area contributed by atoms with Gasteiger partial charge in [0.1, 0.15) is 0 Å². The maximum Gasteiger partial charge on any atom is 0.159 e. The quantitative estimate of drug-likeness (QED) is 0.921. The first-order valence-electron chi connectivity index (χ1n) is 6.28. The van der Waals surface area contributed by atoms with Crippen LogP contribution < -0.4 is 0 Å².